The molecule has 106 valence electrons. The summed E-state index contributed by atoms with van der Waals surface area (Å²) in [6.45, 7) is 2.95. The largest absolute Gasteiger partial charge is 0.409 e. The molecule has 1 unspecified atom stereocenters. The summed E-state index contributed by atoms with van der Waals surface area (Å²) in [6, 6.07) is 8.32. The predicted molar refractivity (Wildman–Crippen MR) is 80.9 cm³/mol. The van der Waals surface area contributed by atoms with Crippen LogP contribution in [-0.2, 0) is 6.54 Å². The third-order valence-electron chi connectivity index (χ3n) is 3.24. The van der Waals surface area contributed by atoms with Crippen LogP contribution in [-0.4, -0.2) is 28.0 Å². The van der Waals surface area contributed by atoms with Crippen molar-refractivity contribution in [2.45, 2.75) is 19.5 Å². The van der Waals surface area contributed by atoms with Crippen molar-refractivity contribution in [2.24, 2.45) is 10.9 Å². The Hall–Kier alpha value is -1.92. The molecule has 20 heavy (non-hydrogen) atoms. The highest BCUT2D eigenvalue weighted by Gasteiger charge is 2.13. The van der Waals surface area contributed by atoms with Gasteiger partial charge in [0.05, 0.1) is 0 Å². The molecule has 1 atom stereocenters. The molecule has 0 amide bonds. The van der Waals surface area contributed by atoms with E-state index in [-0.39, 0.29) is 5.84 Å². The first-order valence-corrected chi connectivity index (χ1v) is 7.16. The molecule has 0 bridgehead atoms. The van der Waals surface area contributed by atoms with Gasteiger partial charge >= 0.3 is 0 Å². The van der Waals surface area contributed by atoms with E-state index >= 15 is 0 Å². The molecule has 0 spiro atoms. The Bertz CT molecular complexity index is 583. The number of pyridine rings is 1. The molecule has 0 aliphatic carbocycles. The molecule has 6 heteroatoms. The molecule has 0 aliphatic heterocycles. The van der Waals surface area contributed by atoms with Crippen molar-refractivity contribution < 1.29 is 5.21 Å². The molecular weight excluding hydrogens is 272 g/mol. The quantitative estimate of drug-likeness (QED) is 0.384. The van der Waals surface area contributed by atoms with E-state index in [1.54, 1.807) is 17.5 Å². The number of oxime groups is 1. The van der Waals surface area contributed by atoms with E-state index in [9.17, 15) is 0 Å². The molecule has 2 rings (SSSR count). The lowest BCUT2D eigenvalue weighted by molar-refractivity contribution is 0.256. The van der Waals surface area contributed by atoms with E-state index in [1.807, 2.05) is 12.1 Å². The lowest BCUT2D eigenvalue weighted by atomic mass is 10.1. The van der Waals surface area contributed by atoms with Crippen molar-refractivity contribution in [1.29, 1.82) is 0 Å². The molecule has 0 aliphatic rings. The van der Waals surface area contributed by atoms with Gasteiger partial charge in [-0.2, -0.15) is 0 Å². The minimum Gasteiger partial charge on any atom is -0.409 e. The Kier molecular flexibility index (Phi) is 4.70. The molecule has 2 aromatic rings. The number of amidine groups is 1. The van der Waals surface area contributed by atoms with Crippen LogP contribution in [0.4, 0.5) is 0 Å². The predicted octanol–water partition coefficient (Wildman–Crippen LogP) is 2.43. The normalized spacial score (nSPS) is 13.7. The van der Waals surface area contributed by atoms with Crippen LogP contribution in [0.3, 0.4) is 0 Å². The van der Waals surface area contributed by atoms with Crippen LogP contribution in [0.5, 0.6) is 0 Å². The Morgan fingerprint density at radius 3 is 3.00 bits per heavy atom. The first-order valence-electron chi connectivity index (χ1n) is 6.28. The molecule has 0 radical (unpaired) electrons. The first-order chi connectivity index (χ1) is 9.61. The average molecular weight is 290 g/mol. The van der Waals surface area contributed by atoms with E-state index in [0.717, 1.165) is 12.1 Å². The highest BCUT2D eigenvalue weighted by molar-refractivity contribution is 7.10. The zero-order chi connectivity index (χ0) is 14.5. The Morgan fingerprint density at radius 2 is 2.35 bits per heavy atom. The van der Waals surface area contributed by atoms with Gasteiger partial charge in [0.2, 0.25) is 0 Å². The van der Waals surface area contributed by atoms with Crippen molar-refractivity contribution in [1.82, 2.24) is 9.88 Å². The molecule has 5 nitrogen and oxygen atoms in total. The zero-order valence-electron chi connectivity index (χ0n) is 11.5. The first kappa shape index (κ1) is 14.5. The maximum atomic E-state index is 8.69. The van der Waals surface area contributed by atoms with Gasteiger partial charge in [-0.25, -0.2) is 0 Å². The molecule has 0 aromatic carbocycles. The highest BCUT2D eigenvalue weighted by Crippen LogP contribution is 2.24. The van der Waals surface area contributed by atoms with Gasteiger partial charge in [0.15, 0.2) is 5.84 Å². The number of rotatable bonds is 5. The standard InChI is InChI=1S/C14H18N4OS/c1-10(13-4-3-7-20-13)18(2)9-11-5-6-16-12(8-11)14(15)17-19/h3-8,10,19H,9H2,1-2H3,(H2,15,17). The van der Waals surface area contributed by atoms with E-state index in [0.29, 0.717) is 11.7 Å². The van der Waals surface area contributed by atoms with Crippen LogP contribution in [0.2, 0.25) is 0 Å². The Balaban J connectivity index is 2.10. The van der Waals surface area contributed by atoms with Crippen molar-refractivity contribution in [2.75, 3.05) is 7.05 Å². The fourth-order valence-electron chi connectivity index (χ4n) is 1.94. The second-order valence-electron chi connectivity index (χ2n) is 4.64. The van der Waals surface area contributed by atoms with Crippen LogP contribution in [0.25, 0.3) is 0 Å². The fourth-order valence-corrected chi connectivity index (χ4v) is 2.78. The van der Waals surface area contributed by atoms with E-state index in [1.165, 1.54) is 4.88 Å². The molecule has 2 heterocycles. The topological polar surface area (TPSA) is 74.7 Å². The van der Waals surface area contributed by atoms with Crippen LogP contribution >= 0.6 is 11.3 Å². The molecular formula is C14H18N4OS. The monoisotopic (exact) mass is 290 g/mol. The molecule has 0 saturated heterocycles. The van der Waals surface area contributed by atoms with Gasteiger partial charge in [0.25, 0.3) is 0 Å². The number of thiophene rings is 1. The average Bonchev–Trinajstić information content (AvgIpc) is 3.00. The summed E-state index contributed by atoms with van der Waals surface area (Å²) in [5.41, 5.74) is 7.12. The summed E-state index contributed by atoms with van der Waals surface area (Å²) in [6.07, 6.45) is 1.67. The van der Waals surface area contributed by atoms with Crippen molar-refractivity contribution in [3.8, 4) is 0 Å². The van der Waals surface area contributed by atoms with E-state index < -0.39 is 0 Å². The molecule has 0 saturated carbocycles. The van der Waals surface area contributed by atoms with Crippen LogP contribution < -0.4 is 5.73 Å². The van der Waals surface area contributed by atoms with E-state index in [2.05, 4.69) is 46.5 Å². The van der Waals surface area contributed by atoms with Crippen LogP contribution in [0.15, 0.2) is 41.0 Å². The number of nitrogens with zero attached hydrogens (tertiary/aromatic N) is 3. The number of hydrogen-bond acceptors (Lipinski definition) is 5. The zero-order valence-corrected chi connectivity index (χ0v) is 12.3. The van der Waals surface area contributed by atoms with Crippen LogP contribution in [0.1, 0.15) is 29.1 Å². The van der Waals surface area contributed by atoms with Gasteiger partial charge in [-0.3, -0.25) is 9.88 Å². The van der Waals surface area contributed by atoms with Gasteiger partial charge in [-0.05, 0) is 43.1 Å². The van der Waals surface area contributed by atoms with Gasteiger partial charge in [-0.15, -0.1) is 11.3 Å². The Morgan fingerprint density at radius 1 is 1.55 bits per heavy atom. The molecule has 3 N–H and O–H groups in total. The number of aromatic nitrogens is 1. The second kappa shape index (κ2) is 6.49. The van der Waals surface area contributed by atoms with Gasteiger partial charge in [0, 0.05) is 23.7 Å². The summed E-state index contributed by atoms with van der Waals surface area (Å²) in [5.74, 6) is 0.0285. The van der Waals surface area contributed by atoms with Gasteiger partial charge in [-0.1, -0.05) is 11.2 Å². The Labute approximate surface area is 122 Å². The molecule has 2 aromatic heterocycles. The number of nitrogens with two attached hydrogens (primary N) is 1. The smallest absolute Gasteiger partial charge is 0.188 e. The molecule has 0 fully saturated rings. The third-order valence-corrected chi connectivity index (χ3v) is 4.29. The highest BCUT2D eigenvalue weighted by atomic mass is 32.1. The summed E-state index contributed by atoms with van der Waals surface area (Å²) >= 11 is 1.76. The van der Waals surface area contributed by atoms with Gasteiger partial charge in [0.1, 0.15) is 5.69 Å². The maximum Gasteiger partial charge on any atom is 0.188 e. The van der Waals surface area contributed by atoms with Gasteiger partial charge < -0.3 is 10.9 Å². The summed E-state index contributed by atoms with van der Waals surface area (Å²) in [4.78, 5) is 7.66. The lowest BCUT2D eigenvalue weighted by Crippen LogP contribution is -2.22. The van der Waals surface area contributed by atoms with E-state index in [4.69, 9.17) is 10.9 Å². The van der Waals surface area contributed by atoms with Crippen LogP contribution in [0, 0.1) is 0 Å². The summed E-state index contributed by atoms with van der Waals surface area (Å²) in [5, 5.41) is 13.7. The summed E-state index contributed by atoms with van der Waals surface area (Å²) < 4.78 is 0. The minimum absolute atomic E-state index is 0.0285. The van der Waals surface area contributed by atoms with Crippen molar-refractivity contribution >= 4 is 17.2 Å². The van der Waals surface area contributed by atoms with Crippen molar-refractivity contribution in [3.63, 3.8) is 0 Å². The SMILES string of the molecule is CC(c1cccs1)N(C)Cc1ccnc(C(N)=NO)c1. The third kappa shape index (κ3) is 3.34. The summed E-state index contributed by atoms with van der Waals surface area (Å²) in [7, 11) is 2.08. The maximum absolute atomic E-state index is 8.69. The minimum atomic E-state index is 0.0285. The fraction of sp³-hybridized carbons (Fsp3) is 0.286. The number of hydrogen-bond donors (Lipinski definition) is 2. The lowest BCUT2D eigenvalue weighted by Gasteiger charge is -2.23. The van der Waals surface area contributed by atoms with Crippen molar-refractivity contribution in [3.05, 3.63) is 52.0 Å². The second-order valence-corrected chi connectivity index (χ2v) is 5.62.